The van der Waals surface area contributed by atoms with E-state index < -0.39 is 17.7 Å². The molecule has 0 radical (unpaired) electrons. The van der Waals surface area contributed by atoms with Gasteiger partial charge in [0.25, 0.3) is 5.78 Å². The molecule has 0 spiro atoms. The fourth-order valence-electron chi connectivity index (χ4n) is 4.38. The monoisotopic (exact) mass is 530 g/mol. The predicted molar refractivity (Wildman–Crippen MR) is 146 cm³/mol. The van der Waals surface area contributed by atoms with E-state index in [4.69, 9.17) is 9.47 Å². The van der Waals surface area contributed by atoms with Crippen LogP contribution in [0.2, 0.25) is 0 Å². The Morgan fingerprint density at radius 3 is 2.47 bits per heavy atom. The predicted octanol–water partition coefficient (Wildman–Crippen LogP) is 5.82. The molecule has 0 saturated carbocycles. The van der Waals surface area contributed by atoms with Gasteiger partial charge in [-0.15, -0.1) is 0 Å². The number of ketones is 1. The van der Waals surface area contributed by atoms with E-state index in [0.29, 0.717) is 46.5 Å². The zero-order chi connectivity index (χ0) is 26.8. The molecule has 9 heteroatoms. The molecule has 3 aromatic carbocycles. The summed E-state index contributed by atoms with van der Waals surface area (Å²) in [6.45, 7) is 4.96. The summed E-state index contributed by atoms with van der Waals surface area (Å²) in [5.41, 5.74) is 1.38. The third-order valence-electron chi connectivity index (χ3n) is 6.10. The summed E-state index contributed by atoms with van der Waals surface area (Å²) in [6.07, 6.45) is 0.855. The third kappa shape index (κ3) is 4.68. The zero-order valence-corrected chi connectivity index (χ0v) is 21.7. The number of benzene rings is 3. The zero-order valence-electron chi connectivity index (χ0n) is 20.9. The Morgan fingerprint density at radius 1 is 1.00 bits per heavy atom. The van der Waals surface area contributed by atoms with Crippen molar-refractivity contribution in [1.82, 2.24) is 4.98 Å². The lowest BCUT2D eigenvalue weighted by Gasteiger charge is -2.23. The Kier molecular flexibility index (Phi) is 7.02. The molecule has 1 aliphatic rings. The average molecular weight is 531 g/mol. The topological polar surface area (TPSA) is 109 Å². The van der Waals surface area contributed by atoms with E-state index in [-0.39, 0.29) is 17.1 Å². The van der Waals surface area contributed by atoms with Crippen LogP contribution in [0.25, 0.3) is 16.0 Å². The number of aromatic hydroxyl groups is 1. The number of thiazole rings is 1. The number of phenolic OH excluding ortho intramolecular Hbond substituents is 1. The normalized spacial score (nSPS) is 16.8. The highest BCUT2D eigenvalue weighted by molar-refractivity contribution is 7.22. The van der Waals surface area contributed by atoms with E-state index in [9.17, 15) is 19.8 Å². The van der Waals surface area contributed by atoms with Crippen molar-refractivity contribution in [3.8, 4) is 17.2 Å². The quantitative estimate of drug-likeness (QED) is 0.168. The van der Waals surface area contributed by atoms with Crippen LogP contribution in [0.4, 0.5) is 5.13 Å². The van der Waals surface area contributed by atoms with E-state index in [1.807, 2.05) is 19.9 Å². The summed E-state index contributed by atoms with van der Waals surface area (Å²) in [5.74, 6) is -0.692. The number of hydrogen-bond donors (Lipinski definition) is 2. The van der Waals surface area contributed by atoms with Crippen molar-refractivity contribution in [2.24, 2.45) is 0 Å². The molecule has 8 nitrogen and oxygen atoms in total. The maximum atomic E-state index is 13.4. The van der Waals surface area contributed by atoms with Crippen LogP contribution in [0.5, 0.6) is 17.2 Å². The van der Waals surface area contributed by atoms with E-state index in [1.165, 1.54) is 28.4 Å². The van der Waals surface area contributed by atoms with Gasteiger partial charge in [0.15, 0.2) is 5.13 Å². The van der Waals surface area contributed by atoms with Crippen molar-refractivity contribution in [1.29, 1.82) is 0 Å². The summed E-state index contributed by atoms with van der Waals surface area (Å²) in [7, 11) is 0. The van der Waals surface area contributed by atoms with Gasteiger partial charge < -0.3 is 19.7 Å². The fraction of sp³-hybridized carbons (Fsp3) is 0.207. The van der Waals surface area contributed by atoms with Crippen molar-refractivity contribution < 1.29 is 29.3 Å². The van der Waals surface area contributed by atoms with Gasteiger partial charge in [-0.2, -0.15) is 0 Å². The van der Waals surface area contributed by atoms with Crippen molar-refractivity contribution in [2.75, 3.05) is 18.1 Å². The molecule has 2 heterocycles. The lowest BCUT2D eigenvalue weighted by atomic mass is 9.95. The summed E-state index contributed by atoms with van der Waals surface area (Å²) in [5, 5.41) is 21.8. The maximum Gasteiger partial charge on any atom is 0.301 e. The molecule has 1 unspecified atom stereocenters. The first kappa shape index (κ1) is 25.3. The second-order valence-electron chi connectivity index (χ2n) is 8.70. The standard InChI is InChI=1S/C29H26N2O6S/c1-3-14-37-20-10-8-17(9-11-20)26(33)24-25(18-6-5-7-19(32)15-18)31(28(35)27(24)34)29-30-22-13-12-21(36-4-2)16-23(22)38-29/h5-13,15-16,25,32-33H,3-4,14H2,1-2H3/b26-24+. The van der Waals surface area contributed by atoms with Crippen molar-refractivity contribution in [3.05, 3.63) is 83.4 Å². The minimum absolute atomic E-state index is 0.0313. The van der Waals surface area contributed by atoms with Gasteiger partial charge in [-0.3, -0.25) is 14.5 Å². The first-order chi connectivity index (χ1) is 18.4. The smallest absolute Gasteiger partial charge is 0.301 e. The first-order valence-corrected chi connectivity index (χ1v) is 13.1. The Balaban J connectivity index is 1.63. The molecule has 1 fully saturated rings. The number of fused-ring (bicyclic) bond motifs is 1. The van der Waals surface area contributed by atoms with Crippen LogP contribution in [0.15, 0.2) is 72.3 Å². The molecule has 0 bridgehead atoms. The van der Waals surface area contributed by atoms with E-state index in [2.05, 4.69) is 4.98 Å². The van der Waals surface area contributed by atoms with E-state index in [0.717, 1.165) is 11.1 Å². The molecule has 0 aliphatic carbocycles. The fourth-order valence-corrected chi connectivity index (χ4v) is 5.40. The highest BCUT2D eigenvalue weighted by Gasteiger charge is 2.48. The number of ether oxygens (including phenoxy) is 2. The lowest BCUT2D eigenvalue weighted by Crippen LogP contribution is -2.29. The number of amides is 1. The van der Waals surface area contributed by atoms with Gasteiger partial charge in [0.05, 0.1) is 35.0 Å². The summed E-state index contributed by atoms with van der Waals surface area (Å²) < 4.78 is 12.0. The maximum absolute atomic E-state index is 13.4. The van der Waals surface area contributed by atoms with Gasteiger partial charge in [0, 0.05) is 5.56 Å². The highest BCUT2D eigenvalue weighted by atomic mass is 32.1. The van der Waals surface area contributed by atoms with Crippen molar-refractivity contribution >= 4 is 44.1 Å². The Morgan fingerprint density at radius 2 is 1.76 bits per heavy atom. The molecule has 1 aromatic heterocycles. The van der Waals surface area contributed by atoms with Crippen molar-refractivity contribution in [3.63, 3.8) is 0 Å². The minimum atomic E-state index is -0.995. The second-order valence-corrected chi connectivity index (χ2v) is 9.71. The molecule has 194 valence electrons. The van der Waals surface area contributed by atoms with Gasteiger partial charge in [0.1, 0.15) is 23.0 Å². The lowest BCUT2D eigenvalue weighted by molar-refractivity contribution is -0.132. The second kappa shape index (κ2) is 10.5. The van der Waals surface area contributed by atoms with Crippen LogP contribution in [0, 0.1) is 0 Å². The van der Waals surface area contributed by atoms with Gasteiger partial charge in [-0.25, -0.2) is 4.98 Å². The number of carbonyl (C=O) groups excluding carboxylic acids is 2. The number of aromatic nitrogens is 1. The van der Waals surface area contributed by atoms with E-state index >= 15 is 0 Å². The number of nitrogens with zero attached hydrogens (tertiary/aromatic N) is 2. The van der Waals surface area contributed by atoms with Crippen LogP contribution in [-0.2, 0) is 9.59 Å². The molecule has 1 amide bonds. The summed E-state index contributed by atoms with van der Waals surface area (Å²) in [4.78, 5) is 32.7. The first-order valence-electron chi connectivity index (χ1n) is 12.3. The molecular weight excluding hydrogens is 504 g/mol. The number of aliphatic hydroxyl groups excluding tert-OH is 1. The Bertz CT molecular complexity index is 1540. The SMILES string of the molecule is CCCOc1ccc(/C(O)=C2\C(=O)C(=O)N(c3nc4ccc(OCC)cc4s3)C2c2cccc(O)c2)cc1. The largest absolute Gasteiger partial charge is 0.508 e. The minimum Gasteiger partial charge on any atom is -0.508 e. The Hall–Kier alpha value is -4.37. The summed E-state index contributed by atoms with van der Waals surface area (Å²) in [6, 6.07) is 17.4. The van der Waals surface area contributed by atoms with Crippen LogP contribution >= 0.6 is 11.3 Å². The molecule has 2 N–H and O–H groups in total. The summed E-state index contributed by atoms with van der Waals surface area (Å²) >= 11 is 1.24. The number of aliphatic hydroxyl groups is 1. The number of rotatable bonds is 8. The van der Waals surface area contributed by atoms with Crippen LogP contribution in [0.1, 0.15) is 37.4 Å². The molecule has 4 aromatic rings. The van der Waals surface area contributed by atoms with E-state index in [1.54, 1.807) is 48.5 Å². The third-order valence-corrected chi connectivity index (χ3v) is 7.11. The van der Waals surface area contributed by atoms with Gasteiger partial charge in [-0.1, -0.05) is 30.4 Å². The molecule has 5 rings (SSSR count). The van der Waals surface area contributed by atoms with Crippen LogP contribution in [0.3, 0.4) is 0 Å². The van der Waals surface area contributed by atoms with Crippen LogP contribution in [-0.4, -0.2) is 40.1 Å². The number of Topliss-reactive ketones (excluding diaryl/α,β-unsaturated/α-hetero) is 1. The number of carbonyl (C=O) groups is 2. The molecule has 38 heavy (non-hydrogen) atoms. The number of phenols is 1. The molecule has 1 saturated heterocycles. The number of hydrogen-bond acceptors (Lipinski definition) is 8. The van der Waals surface area contributed by atoms with Gasteiger partial charge in [-0.05, 0) is 73.5 Å². The molecular formula is C29H26N2O6S. The van der Waals surface area contributed by atoms with Gasteiger partial charge in [0.2, 0.25) is 0 Å². The van der Waals surface area contributed by atoms with Gasteiger partial charge >= 0.3 is 5.91 Å². The van der Waals surface area contributed by atoms with Crippen molar-refractivity contribution in [2.45, 2.75) is 26.3 Å². The number of anilines is 1. The van der Waals surface area contributed by atoms with Crippen LogP contribution < -0.4 is 14.4 Å². The Labute approximate surface area is 223 Å². The average Bonchev–Trinajstić information content (AvgIpc) is 3.45. The highest BCUT2D eigenvalue weighted by Crippen LogP contribution is 2.45. The molecule has 1 atom stereocenters. The molecule has 1 aliphatic heterocycles.